The van der Waals surface area contributed by atoms with Gasteiger partial charge in [-0.25, -0.2) is 14.2 Å². The van der Waals surface area contributed by atoms with Gasteiger partial charge in [0.25, 0.3) is 5.91 Å². The number of alkyl halides is 3. The summed E-state index contributed by atoms with van der Waals surface area (Å²) in [6.45, 7) is 3.88. The Bertz CT molecular complexity index is 1520. The zero-order valence-electron chi connectivity index (χ0n) is 18.7. The fraction of sp³-hybridized carbons (Fsp3) is 0.167. The summed E-state index contributed by atoms with van der Waals surface area (Å²) in [5.74, 6) is -0.604. The molecule has 35 heavy (non-hydrogen) atoms. The van der Waals surface area contributed by atoms with E-state index in [1.807, 2.05) is 44.2 Å². The topological polar surface area (TPSA) is 77.1 Å². The van der Waals surface area contributed by atoms with Gasteiger partial charge in [-0.3, -0.25) is 4.79 Å². The van der Waals surface area contributed by atoms with Gasteiger partial charge < -0.3 is 5.32 Å². The Kier molecular flexibility index (Phi) is 5.64. The van der Waals surface area contributed by atoms with Crippen molar-refractivity contribution in [1.29, 1.82) is 0 Å². The number of benzene rings is 1. The molecule has 0 radical (unpaired) electrons. The van der Waals surface area contributed by atoms with E-state index in [-0.39, 0.29) is 23.6 Å². The van der Waals surface area contributed by atoms with Crippen LogP contribution in [0.3, 0.4) is 0 Å². The number of aryl methyl sites for hydroxylation is 1. The highest BCUT2D eigenvalue weighted by atomic mass is 32.1. The van der Waals surface area contributed by atoms with E-state index in [4.69, 9.17) is 0 Å². The number of halogens is 3. The van der Waals surface area contributed by atoms with E-state index < -0.39 is 17.8 Å². The third kappa shape index (κ3) is 4.30. The Morgan fingerprint density at radius 3 is 2.51 bits per heavy atom. The smallest absolute Gasteiger partial charge is 0.346 e. The van der Waals surface area contributed by atoms with Gasteiger partial charge in [0.05, 0.1) is 22.0 Å². The van der Waals surface area contributed by atoms with Crippen molar-refractivity contribution in [3.05, 3.63) is 88.3 Å². The number of rotatable bonds is 5. The number of carbonyl (C=O) groups is 1. The van der Waals surface area contributed by atoms with Crippen LogP contribution in [0, 0.1) is 13.8 Å². The van der Waals surface area contributed by atoms with E-state index in [1.165, 1.54) is 17.4 Å². The third-order valence-electron chi connectivity index (χ3n) is 5.59. The molecule has 11 heteroatoms. The van der Waals surface area contributed by atoms with Gasteiger partial charge >= 0.3 is 6.18 Å². The molecular weight excluding hydrogens is 477 g/mol. The molecule has 4 aromatic heterocycles. The first kappa shape index (κ1) is 22.8. The molecule has 5 rings (SSSR count). The first-order valence-electron chi connectivity index (χ1n) is 10.6. The molecule has 1 N–H and O–H groups in total. The maximum Gasteiger partial charge on any atom is 0.433 e. The lowest BCUT2D eigenvalue weighted by atomic mass is 10.2. The minimum absolute atomic E-state index is 0.0577. The molecule has 0 saturated heterocycles. The van der Waals surface area contributed by atoms with Crippen LogP contribution in [0.25, 0.3) is 21.9 Å². The van der Waals surface area contributed by atoms with E-state index in [1.54, 1.807) is 22.2 Å². The van der Waals surface area contributed by atoms with Crippen LogP contribution in [0.15, 0.2) is 60.0 Å². The second-order valence-electron chi connectivity index (χ2n) is 7.88. The number of aromatic nitrogens is 5. The van der Waals surface area contributed by atoms with E-state index in [0.29, 0.717) is 9.39 Å². The molecular formula is C24H19F3N6OS. The largest absolute Gasteiger partial charge is 0.433 e. The minimum atomic E-state index is -4.67. The molecule has 0 aliphatic carbocycles. The van der Waals surface area contributed by atoms with Gasteiger partial charge in [-0.15, -0.1) is 11.3 Å². The molecule has 0 fully saturated rings. The Morgan fingerprint density at radius 1 is 1.06 bits per heavy atom. The van der Waals surface area contributed by atoms with E-state index in [9.17, 15) is 18.0 Å². The van der Waals surface area contributed by atoms with Crippen molar-refractivity contribution in [3.63, 3.8) is 0 Å². The summed E-state index contributed by atoms with van der Waals surface area (Å²) < 4.78 is 43.7. The highest BCUT2D eigenvalue weighted by Gasteiger charge is 2.35. The zero-order chi connectivity index (χ0) is 24.7. The minimum Gasteiger partial charge on any atom is -0.346 e. The monoisotopic (exact) mass is 496 g/mol. The number of amides is 1. The van der Waals surface area contributed by atoms with Gasteiger partial charge in [0.2, 0.25) is 0 Å². The number of fused-ring (bicyclic) bond motifs is 1. The summed E-state index contributed by atoms with van der Waals surface area (Å²) in [6.07, 6.45) is -4.67. The van der Waals surface area contributed by atoms with Crippen LogP contribution in [0.5, 0.6) is 0 Å². The molecule has 1 aromatic carbocycles. The maximum absolute atomic E-state index is 13.8. The molecule has 0 aliphatic rings. The van der Waals surface area contributed by atoms with Crippen molar-refractivity contribution in [2.45, 2.75) is 26.6 Å². The first-order chi connectivity index (χ1) is 16.7. The molecule has 0 aliphatic heterocycles. The maximum atomic E-state index is 13.8. The summed E-state index contributed by atoms with van der Waals surface area (Å²) >= 11 is 1.28. The first-order valence-corrected chi connectivity index (χ1v) is 11.5. The highest BCUT2D eigenvalue weighted by Crippen LogP contribution is 2.33. The zero-order valence-corrected chi connectivity index (χ0v) is 19.5. The van der Waals surface area contributed by atoms with Crippen molar-refractivity contribution in [1.82, 2.24) is 29.7 Å². The van der Waals surface area contributed by atoms with Crippen LogP contribution in [0.1, 0.15) is 33.1 Å². The predicted octanol–water partition coefficient (Wildman–Crippen LogP) is 5.21. The molecule has 1 amide bonds. The Balaban J connectivity index is 1.44. The van der Waals surface area contributed by atoms with Crippen molar-refractivity contribution in [2.24, 2.45) is 0 Å². The summed E-state index contributed by atoms with van der Waals surface area (Å²) in [6, 6.07) is 15.2. The van der Waals surface area contributed by atoms with E-state index in [0.717, 1.165) is 28.7 Å². The summed E-state index contributed by atoms with van der Waals surface area (Å²) in [7, 11) is 0. The van der Waals surface area contributed by atoms with Crippen molar-refractivity contribution in [2.75, 3.05) is 0 Å². The van der Waals surface area contributed by atoms with Crippen LogP contribution in [-0.2, 0) is 12.7 Å². The predicted molar refractivity (Wildman–Crippen MR) is 126 cm³/mol. The summed E-state index contributed by atoms with van der Waals surface area (Å²) in [5.41, 5.74) is 2.26. The van der Waals surface area contributed by atoms with Gasteiger partial charge in [-0.2, -0.15) is 23.4 Å². The number of hydrogen-bond donors (Lipinski definition) is 1. The lowest BCUT2D eigenvalue weighted by Gasteiger charge is -2.10. The second kappa shape index (κ2) is 8.66. The third-order valence-corrected chi connectivity index (χ3v) is 6.48. The molecule has 7 nitrogen and oxygen atoms in total. The average molecular weight is 497 g/mol. The van der Waals surface area contributed by atoms with Crippen molar-refractivity contribution in [3.8, 4) is 16.3 Å². The number of carbonyl (C=O) groups excluding carboxylic acids is 1. The SMILES string of the molecule is Cc1nn(-c2ccccc2)c(C)c1CNC(=O)c1cc2nc(-c3cccs3)cc(C(F)(F)F)n2n1. The average Bonchev–Trinajstić information content (AvgIpc) is 3.56. The van der Waals surface area contributed by atoms with Crippen LogP contribution in [0.4, 0.5) is 13.2 Å². The van der Waals surface area contributed by atoms with Crippen molar-refractivity contribution >= 4 is 22.9 Å². The lowest BCUT2D eigenvalue weighted by Crippen LogP contribution is -2.24. The summed E-state index contributed by atoms with van der Waals surface area (Å²) in [4.78, 5) is 17.7. The number of thiophene rings is 1. The molecule has 178 valence electrons. The van der Waals surface area contributed by atoms with E-state index >= 15 is 0 Å². The molecule has 0 atom stereocenters. The van der Waals surface area contributed by atoms with E-state index in [2.05, 4.69) is 20.5 Å². The fourth-order valence-electron chi connectivity index (χ4n) is 3.85. The Hall–Kier alpha value is -3.99. The van der Waals surface area contributed by atoms with Gasteiger partial charge in [-0.05, 0) is 43.5 Å². The quantitative estimate of drug-likeness (QED) is 0.363. The normalized spacial score (nSPS) is 11.8. The number of nitrogens with zero attached hydrogens (tertiary/aromatic N) is 5. The van der Waals surface area contributed by atoms with Crippen molar-refractivity contribution < 1.29 is 18.0 Å². The number of para-hydroxylation sites is 1. The van der Waals surface area contributed by atoms with Gasteiger partial charge in [0.1, 0.15) is 0 Å². The molecule has 0 bridgehead atoms. The summed E-state index contributed by atoms with van der Waals surface area (Å²) in [5, 5.41) is 13.0. The molecule has 4 heterocycles. The van der Waals surface area contributed by atoms with Gasteiger partial charge in [-0.1, -0.05) is 24.3 Å². The van der Waals surface area contributed by atoms with Crippen LogP contribution in [-0.4, -0.2) is 30.3 Å². The number of hydrogen-bond acceptors (Lipinski definition) is 5. The van der Waals surface area contributed by atoms with Crippen LogP contribution >= 0.6 is 11.3 Å². The molecule has 0 unspecified atom stereocenters. The van der Waals surface area contributed by atoms with Crippen LogP contribution < -0.4 is 5.32 Å². The van der Waals surface area contributed by atoms with Crippen LogP contribution in [0.2, 0.25) is 0 Å². The number of nitrogens with one attached hydrogen (secondary N) is 1. The Morgan fingerprint density at radius 2 is 1.83 bits per heavy atom. The Labute approximate surface area is 201 Å². The lowest BCUT2D eigenvalue weighted by molar-refractivity contribution is -0.142. The highest BCUT2D eigenvalue weighted by molar-refractivity contribution is 7.13. The van der Waals surface area contributed by atoms with Gasteiger partial charge in [0, 0.05) is 23.9 Å². The molecule has 0 spiro atoms. The second-order valence-corrected chi connectivity index (χ2v) is 8.83. The standard InChI is InChI=1S/C24H19F3N6OS/c1-14-17(15(2)32(30-14)16-7-4-3-5-8-16)13-28-23(34)19-12-22-29-18(20-9-6-10-35-20)11-21(24(25,26)27)33(22)31-19/h3-12H,13H2,1-2H3,(H,28,34). The van der Waals surface area contributed by atoms with Gasteiger partial charge in [0.15, 0.2) is 17.0 Å². The molecule has 5 aromatic rings. The fourth-order valence-corrected chi connectivity index (χ4v) is 4.53. The molecule has 0 saturated carbocycles.